The van der Waals surface area contributed by atoms with Gasteiger partial charge in [0.15, 0.2) is 0 Å². The summed E-state index contributed by atoms with van der Waals surface area (Å²) < 4.78 is 0. The molecule has 0 aromatic heterocycles. The van der Waals surface area contributed by atoms with Crippen molar-refractivity contribution in [3.8, 4) is 0 Å². The minimum Gasteiger partial charge on any atom is -0.0776 e. The zero-order valence-electron chi connectivity index (χ0n) is 6.86. The van der Waals surface area contributed by atoms with E-state index in [4.69, 9.17) is 0 Å². The van der Waals surface area contributed by atoms with E-state index in [0.717, 1.165) is 5.92 Å². The van der Waals surface area contributed by atoms with Gasteiger partial charge in [0.1, 0.15) is 0 Å². The zero-order valence-corrected chi connectivity index (χ0v) is 6.86. The summed E-state index contributed by atoms with van der Waals surface area (Å²) in [5.74, 6) is 0.884. The van der Waals surface area contributed by atoms with Crippen LogP contribution in [0.25, 0.3) is 0 Å². The standard InChI is InChI=1S/C5H12.C2H6.CH4.B/c1-4-5(2)3;1-2;;/h5H,4H2,1-3H3;1-2H3;1H4;. The van der Waals surface area contributed by atoms with Gasteiger partial charge in [-0.05, 0) is 5.92 Å². The SMILES string of the molecule is C.CC.CCC(C)C.[B]. The normalized spacial score (nSPS) is 6.00. The van der Waals surface area contributed by atoms with Crippen molar-refractivity contribution >= 4 is 8.41 Å². The van der Waals surface area contributed by atoms with Gasteiger partial charge < -0.3 is 0 Å². The van der Waals surface area contributed by atoms with Crippen LogP contribution in [0.3, 0.4) is 0 Å². The highest BCUT2D eigenvalue weighted by atomic mass is 13.9. The van der Waals surface area contributed by atoms with Crippen molar-refractivity contribution in [1.29, 1.82) is 0 Å². The Hall–Kier alpha value is 0.0649. The van der Waals surface area contributed by atoms with Crippen molar-refractivity contribution in [3.63, 3.8) is 0 Å². The van der Waals surface area contributed by atoms with Crippen LogP contribution in [-0.2, 0) is 0 Å². The van der Waals surface area contributed by atoms with Gasteiger partial charge in [-0.3, -0.25) is 0 Å². The van der Waals surface area contributed by atoms with Gasteiger partial charge in [-0.2, -0.15) is 0 Å². The molecule has 0 saturated carbocycles. The molecule has 0 bridgehead atoms. The lowest BCUT2D eigenvalue weighted by Gasteiger charge is -1.90. The Kier molecular flexibility index (Phi) is 62.2. The minimum absolute atomic E-state index is 0. The Bertz CT molecular complexity index is 18.5. The molecule has 0 aliphatic carbocycles. The van der Waals surface area contributed by atoms with E-state index in [0.29, 0.717) is 0 Å². The maximum Gasteiger partial charge on any atom is 0 e. The average Bonchev–Trinajstić information content (AvgIpc) is 1.73. The van der Waals surface area contributed by atoms with Crippen LogP contribution in [0.4, 0.5) is 0 Å². The summed E-state index contributed by atoms with van der Waals surface area (Å²) in [4.78, 5) is 0. The molecule has 0 fully saturated rings. The smallest absolute Gasteiger partial charge is 0 e. The molecule has 0 amide bonds. The second kappa shape index (κ2) is 24.4. The summed E-state index contributed by atoms with van der Waals surface area (Å²) in [6.07, 6.45) is 1.31. The van der Waals surface area contributed by atoms with Gasteiger partial charge in [-0.1, -0.05) is 48.5 Å². The Morgan fingerprint density at radius 3 is 1.22 bits per heavy atom. The molecular formula is C8H22B. The summed E-state index contributed by atoms with van der Waals surface area (Å²) in [5, 5.41) is 0. The first-order valence-corrected chi connectivity index (χ1v) is 3.27. The van der Waals surface area contributed by atoms with E-state index >= 15 is 0 Å². The molecule has 0 unspecified atom stereocenters. The topological polar surface area (TPSA) is 0 Å². The minimum atomic E-state index is 0. The Balaban J connectivity index is -0.0000000286. The van der Waals surface area contributed by atoms with Gasteiger partial charge in [-0.15, -0.1) is 0 Å². The first kappa shape index (κ1) is 23.0. The van der Waals surface area contributed by atoms with E-state index in [1.165, 1.54) is 6.42 Å². The van der Waals surface area contributed by atoms with Crippen molar-refractivity contribution in [1.82, 2.24) is 0 Å². The van der Waals surface area contributed by atoms with Crippen molar-refractivity contribution in [3.05, 3.63) is 0 Å². The molecule has 0 aromatic rings. The first-order chi connectivity index (χ1) is 3.27. The molecule has 0 rings (SSSR count). The molecule has 0 nitrogen and oxygen atoms in total. The Labute approximate surface area is 63.6 Å². The van der Waals surface area contributed by atoms with Crippen LogP contribution in [0.2, 0.25) is 0 Å². The van der Waals surface area contributed by atoms with Gasteiger partial charge in [0.2, 0.25) is 0 Å². The lowest BCUT2D eigenvalue weighted by atomic mass is 10.2. The third-order valence-corrected chi connectivity index (χ3v) is 0.816. The predicted molar refractivity (Wildman–Crippen MR) is 49.0 cm³/mol. The third kappa shape index (κ3) is 69.6. The van der Waals surface area contributed by atoms with E-state index in [1.807, 2.05) is 13.8 Å². The molecule has 0 spiro atoms. The number of hydrogen-bond donors (Lipinski definition) is 0. The number of rotatable bonds is 1. The molecule has 0 N–H and O–H groups in total. The highest BCUT2D eigenvalue weighted by Gasteiger charge is 1.80. The molecule has 0 aliphatic heterocycles. The summed E-state index contributed by atoms with van der Waals surface area (Å²) >= 11 is 0. The van der Waals surface area contributed by atoms with Gasteiger partial charge in [0.05, 0.1) is 0 Å². The molecule has 0 atom stereocenters. The summed E-state index contributed by atoms with van der Waals surface area (Å²) in [7, 11) is 0. The van der Waals surface area contributed by atoms with E-state index in [1.54, 1.807) is 0 Å². The molecule has 0 heterocycles. The fourth-order valence-corrected chi connectivity index (χ4v) is 0. The fourth-order valence-electron chi connectivity index (χ4n) is 0. The first-order valence-electron chi connectivity index (χ1n) is 3.27. The molecular weight excluding hydrogens is 107 g/mol. The van der Waals surface area contributed by atoms with Gasteiger partial charge in [-0.25, -0.2) is 0 Å². The van der Waals surface area contributed by atoms with Crippen LogP contribution in [0.15, 0.2) is 0 Å². The molecule has 3 radical (unpaired) electrons. The van der Waals surface area contributed by atoms with E-state index in [-0.39, 0.29) is 15.8 Å². The Morgan fingerprint density at radius 1 is 1.11 bits per heavy atom. The second-order valence-electron chi connectivity index (χ2n) is 1.80. The van der Waals surface area contributed by atoms with Gasteiger partial charge in [0.25, 0.3) is 0 Å². The van der Waals surface area contributed by atoms with E-state index < -0.39 is 0 Å². The largest absolute Gasteiger partial charge is 0.0776 e. The van der Waals surface area contributed by atoms with Crippen molar-refractivity contribution < 1.29 is 0 Å². The van der Waals surface area contributed by atoms with Gasteiger partial charge in [0, 0.05) is 8.41 Å². The zero-order chi connectivity index (χ0) is 6.28. The summed E-state index contributed by atoms with van der Waals surface area (Å²) in [6.45, 7) is 10.6. The van der Waals surface area contributed by atoms with Crippen LogP contribution < -0.4 is 0 Å². The summed E-state index contributed by atoms with van der Waals surface area (Å²) in [6, 6.07) is 0. The highest BCUT2D eigenvalue weighted by molar-refractivity contribution is 5.75. The van der Waals surface area contributed by atoms with Crippen LogP contribution in [0.1, 0.15) is 48.5 Å². The third-order valence-electron chi connectivity index (χ3n) is 0.816. The van der Waals surface area contributed by atoms with E-state index in [2.05, 4.69) is 20.8 Å². The molecule has 0 saturated heterocycles. The quantitative estimate of drug-likeness (QED) is 0.476. The van der Waals surface area contributed by atoms with Crippen LogP contribution in [0, 0.1) is 5.92 Å². The van der Waals surface area contributed by atoms with E-state index in [9.17, 15) is 0 Å². The molecule has 57 valence electrons. The fraction of sp³-hybridized carbons (Fsp3) is 1.00. The predicted octanol–water partition coefficient (Wildman–Crippen LogP) is 3.33. The second-order valence-corrected chi connectivity index (χ2v) is 1.80. The monoisotopic (exact) mass is 129 g/mol. The van der Waals surface area contributed by atoms with Crippen LogP contribution in [-0.4, -0.2) is 8.41 Å². The lowest BCUT2D eigenvalue weighted by molar-refractivity contribution is 0.626. The number of hydrogen-bond acceptors (Lipinski definition) is 0. The molecule has 0 aliphatic rings. The average molecular weight is 129 g/mol. The molecule has 9 heavy (non-hydrogen) atoms. The molecule has 1 heteroatoms. The lowest BCUT2D eigenvalue weighted by Crippen LogP contribution is -1.77. The van der Waals surface area contributed by atoms with Crippen LogP contribution in [0.5, 0.6) is 0 Å². The maximum atomic E-state index is 2.22. The highest BCUT2D eigenvalue weighted by Crippen LogP contribution is 1.93. The Morgan fingerprint density at radius 2 is 1.22 bits per heavy atom. The summed E-state index contributed by atoms with van der Waals surface area (Å²) in [5.41, 5.74) is 0. The van der Waals surface area contributed by atoms with Crippen molar-refractivity contribution in [2.45, 2.75) is 48.5 Å². The van der Waals surface area contributed by atoms with Crippen molar-refractivity contribution in [2.24, 2.45) is 5.92 Å². The van der Waals surface area contributed by atoms with Gasteiger partial charge >= 0.3 is 0 Å². The van der Waals surface area contributed by atoms with Crippen molar-refractivity contribution in [2.75, 3.05) is 0 Å². The maximum absolute atomic E-state index is 2.22. The molecule has 0 aromatic carbocycles. The van der Waals surface area contributed by atoms with Crippen LogP contribution >= 0.6 is 0 Å².